The fourth-order valence-electron chi connectivity index (χ4n) is 3.57. The summed E-state index contributed by atoms with van der Waals surface area (Å²) in [6, 6.07) is 6.92. The molecule has 26 heavy (non-hydrogen) atoms. The lowest BCUT2D eigenvalue weighted by Gasteiger charge is -2.37. The Hall–Kier alpha value is -2.08. The Morgan fingerprint density at radius 2 is 1.96 bits per heavy atom. The van der Waals surface area contributed by atoms with Gasteiger partial charge in [0, 0.05) is 32.7 Å². The molecule has 1 N–H and O–H groups in total. The maximum Gasteiger partial charge on any atom is 0.258 e. The Bertz CT molecular complexity index is 628. The Morgan fingerprint density at radius 1 is 1.19 bits per heavy atom. The third-order valence-corrected chi connectivity index (χ3v) is 5.08. The van der Waals surface area contributed by atoms with Crippen molar-refractivity contribution in [1.82, 2.24) is 15.1 Å². The fourth-order valence-corrected chi connectivity index (χ4v) is 3.57. The molecule has 1 atom stereocenters. The predicted octanol–water partition coefficient (Wildman–Crippen LogP) is 1.90. The van der Waals surface area contributed by atoms with Gasteiger partial charge in [-0.1, -0.05) is 25.5 Å². The highest BCUT2D eigenvalue weighted by molar-refractivity contribution is 6.00. The molecule has 2 amide bonds. The molecule has 1 aromatic carbocycles. The molecule has 0 aliphatic carbocycles. The number of likely N-dealkylation sites (tertiary alicyclic amines) is 1. The number of benzene rings is 1. The van der Waals surface area contributed by atoms with E-state index in [2.05, 4.69) is 12.2 Å². The minimum atomic E-state index is -0.432. The molecule has 3 rings (SSSR count). The summed E-state index contributed by atoms with van der Waals surface area (Å²) < 4.78 is 5.83. The van der Waals surface area contributed by atoms with Crippen LogP contribution in [0.3, 0.4) is 0 Å². The van der Waals surface area contributed by atoms with Crippen LogP contribution in [0.15, 0.2) is 24.3 Å². The van der Waals surface area contributed by atoms with Gasteiger partial charge >= 0.3 is 0 Å². The van der Waals surface area contributed by atoms with Crippen LogP contribution in [-0.2, 0) is 4.79 Å². The average molecular weight is 359 g/mol. The fraction of sp³-hybridized carbons (Fsp3) is 0.600. The number of rotatable bonds is 6. The number of nitrogens with zero attached hydrogens (tertiary/aromatic N) is 2. The number of para-hydroxylation sites is 1. The van der Waals surface area contributed by atoms with Crippen LogP contribution in [-0.4, -0.2) is 67.0 Å². The molecular formula is C20H29N3O3. The standard InChI is InChI=1S/C20H29N3O3/c1-2-3-14-26-18-9-5-4-8-16(18)19(24)23-13-10-21-15-17(23)20(25)22-11-6-7-12-22/h4-5,8-9,17,21H,2-3,6-7,10-15H2,1H3/t17-/m0/s1. The van der Waals surface area contributed by atoms with E-state index in [0.29, 0.717) is 37.6 Å². The Balaban J connectivity index is 1.77. The summed E-state index contributed by atoms with van der Waals surface area (Å²) in [7, 11) is 0. The number of amides is 2. The number of carbonyl (C=O) groups excluding carboxylic acids is 2. The first-order valence-electron chi connectivity index (χ1n) is 9.74. The number of ether oxygens (including phenoxy) is 1. The van der Waals surface area contributed by atoms with Crippen molar-refractivity contribution in [2.24, 2.45) is 0 Å². The van der Waals surface area contributed by atoms with E-state index in [1.54, 1.807) is 11.0 Å². The molecule has 0 unspecified atom stereocenters. The molecule has 6 heteroatoms. The molecule has 0 saturated carbocycles. The first kappa shape index (κ1) is 18.7. The molecule has 2 fully saturated rings. The third-order valence-electron chi connectivity index (χ3n) is 5.08. The summed E-state index contributed by atoms with van der Waals surface area (Å²) >= 11 is 0. The predicted molar refractivity (Wildman–Crippen MR) is 100 cm³/mol. The van der Waals surface area contributed by atoms with E-state index in [-0.39, 0.29) is 11.8 Å². The van der Waals surface area contributed by atoms with Crippen molar-refractivity contribution in [2.75, 3.05) is 39.3 Å². The smallest absolute Gasteiger partial charge is 0.258 e. The lowest BCUT2D eigenvalue weighted by molar-refractivity contribution is -0.135. The molecule has 1 aromatic rings. The number of hydrogen-bond donors (Lipinski definition) is 1. The first-order valence-corrected chi connectivity index (χ1v) is 9.74. The number of piperazine rings is 1. The minimum Gasteiger partial charge on any atom is -0.493 e. The Kier molecular flexibility index (Phi) is 6.50. The zero-order chi connectivity index (χ0) is 18.4. The van der Waals surface area contributed by atoms with Crippen LogP contribution in [0.1, 0.15) is 43.0 Å². The molecule has 0 radical (unpaired) electrons. The van der Waals surface area contributed by atoms with Crippen LogP contribution in [0.5, 0.6) is 5.75 Å². The lowest BCUT2D eigenvalue weighted by Crippen LogP contribution is -2.59. The molecule has 6 nitrogen and oxygen atoms in total. The monoisotopic (exact) mass is 359 g/mol. The SMILES string of the molecule is CCCCOc1ccccc1C(=O)N1CCNC[C@H]1C(=O)N1CCCC1. The molecule has 2 heterocycles. The van der Waals surface area contributed by atoms with E-state index in [0.717, 1.165) is 38.8 Å². The van der Waals surface area contributed by atoms with E-state index in [9.17, 15) is 9.59 Å². The second-order valence-corrected chi connectivity index (χ2v) is 6.95. The van der Waals surface area contributed by atoms with E-state index >= 15 is 0 Å². The zero-order valence-electron chi connectivity index (χ0n) is 15.6. The minimum absolute atomic E-state index is 0.0624. The van der Waals surface area contributed by atoms with Crippen LogP contribution < -0.4 is 10.1 Å². The van der Waals surface area contributed by atoms with Crippen molar-refractivity contribution < 1.29 is 14.3 Å². The highest BCUT2D eigenvalue weighted by atomic mass is 16.5. The molecular weight excluding hydrogens is 330 g/mol. The molecule has 2 aliphatic rings. The molecule has 2 aliphatic heterocycles. The zero-order valence-corrected chi connectivity index (χ0v) is 15.6. The van der Waals surface area contributed by atoms with Crippen molar-refractivity contribution in [3.05, 3.63) is 29.8 Å². The van der Waals surface area contributed by atoms with E-state index in [1.165, 1.54) is 0 Å². The first-order chi connectivity index (χ1) is 12.7. The van der Waals surface area contributed by atoms with E-state index < -0.39 is 6.04 Å². The van der Waals surface area contributed by atoms with Crippen LogP contribution in [0.2, 0.25) is 0 Å². The Labute approximate surface area is 155 Å². The van der Waals surface area contributed by atoms with Gasteiger partial charge in [-0.05, 0) is 31.4 Å². The molecule has 142 valence electrons. The number of nitrogens with one attached hydrogen (secondary N) is 1. The van der Waals surface area contributed by atoms with Crippen LogP contribution in [0.4, 0.5) is 0 Å². The second-order valence-electron chi connectivity index (χ2n) is 6.95. The van der Waals surface area contributed by atoms with Crippen molar-refractivity contribution in [2.45, 2.75) is 38.6 Å². The number of carbonyl (C=O) groups is 2. The summed E-state index contributed by atoms with van der Waals surface area (Å²) in [5, 5.41) is 3.26. The highest BCUT2D eigenvalue weighted by Gasteiger charge is 2.36. The summed E-state index contributed by atoms with van der Waals surface area (Å²) in [6.45, 7) is 6.05. The largest absolute Gasteiger partial charge is 0.493 e. The van der Waals surface area contributed by atoms with Gasteiger partial charge in [0.2, 0.25) is 5.91 Å². The molecule has 2 saturated heterocycles. The van der Waals surface area contributed by atoms with Crippen molar-refractivity contribution in [1.29, 1.82) is 0 Å². The van der Waals surface area contributed by atoms with Gasteiger partial charge in [-0.25, -0.2) is 0 Å². The van der Waals surface area contributed by atoms with Gasteiger partial charge in [-0.15, -0.1) is 0 Å². The Morgan fingerprint density at radius 3 is 2.73 bits per heavy atom. The highest BCUT2D eigenvalue weighted by Crippen LogP contribution is 2.23. The van der Waals surface area contributed by atoms with E-state index in [4.69, 9.17) is 4.74 Å². The van der Waals surface area contributed by atoms with Gasteiger partial charge < -0.3 is 19.9 Å². The van der Waals surface area contributed by atoms with Crippen LogP contribution in [0, 0.1) is 0 Å². The summed E-state index contributed by atoms with van der Waals surface area (Å²) in [5.41, 5.74) is 0.546. The topological polar surface area (TPSA) is 61.9 Å². The second kappa shape index (κ2) is 9.03. The van der Waals surface area contributed by atoms with Crippen molar-refractivity contribution in [3.8, 4) is 5.75 Å². The summed E-state index contributed by atoms with van der Waals surface area (Å²) in [6.07, 6.45) is 4.09. The van der Waals surface area contributed by atoms with Gasteiger partial charge in [0.1, 0.15) is 11.8 Å². The summed E-state index contributed by atoms with van der Waals surface area (Å²) in [4.78, 5) is 29.7. The molecule has 0 spiro atoms. The lowest BCUT2D eigenvalue weighted by atomic mass is 10.1. The molecule has 0 bridgehead atoms. The maximum atomic E-state index is 13.2. The number of unbranched alkanes of at least 4 members (excludes halogenated alkanes) is 1. The van der Waals surface area contributed by atoms with Crippen LogP contribution >= 0.6 is 0 Å². The molecule has 0 aromatic heterocycles. The van der Waals surface area contributed by atoms with Crippen LogP contribution in [0.25, 0.3) is 0 Å². The van der Waals surface area contributed by atoms with Gasteiger partial charge in [0.25, 0.3) is 5.91 Å². The average Bonchev–Trinajstić information content (AvgIpc) is 3.22. The van der Waals surface area contributed by atoms with Crippen molar-refractivity contribution in [3.63, 3.8) is 0 Å². The maximum absolute atomic E-state index is 13.2. The number of hydrogen-bond acceptors (Lipinski definition) is 4. The van der Waals surface area contributed by atoms with Gasteiger partial charge in [-0.3, -0.25) is 9.59 Å². The van der Waals surface area contributed by atoms with Gasteiger partial charge in [0.05, 0.1) is 12.2 Å². The quantitative estimate of drug-likeness (QED) is 0.788. The summed E-state index contributed by atoms with van der Waals surface area (Å²) in [5.74, 6) is 0.556. The van der Waals surface area contributed by atoms with Gasteiger partial charge in [0.15, 0.2) is 0 Å². The van der Waals surface area contributed by atoms with Gasteiger partial charge in [-0.2, -0.15) is 0 Å². The van der Waals surface area contributed by atoms with Crippen molar-refractivity contribution >= 4 is 11.8 Å². The van der Waals surface area contributed by atoms with E-state index in [1.807, 2.05) is 23.1 Å². The normalized spacial score (nSPS) is 20.3. The third kappa shape index (κ3) is 4.18.